The van der Waals surface area contributed by atoms with Crippen molar-refractivity contribution in [3.8, 4) is 0 Å². The van der Waals surface area contributed by atoms with Crippen molar-refractivity contribution in [3.05, 3.63) is 65.7 Å². The number of nitrogens with zero attached hydrogens (tertiary/aromatic N) is 2. The average molecular weight is 516 g/mol. The summed E-state index contributed by atoms with van der Waals surface area (Å²) in [4.78, 5) is 28.0. The highest BCUT2D eigenvalue weighted by atomic mass is 32.2. The third-order valence-corrected chi connectivity index (χ3v) is 7.39. The van der Waals surface area contributed by atoms with Gasteiger partial charge < -0.3 is 10.2 Å². The van der Waals surface area contributed by atoms with Crippen molar-refractivity contribution in [1.29, 1.82) is 0 Å². The molecule has 0 aliphatic heterocycles. The van der Waals surface area contributed by atoms with Crippen LogP contribution in [0, 0.1) is 0 Å². The maximum Gasteiger partial charge on any atom is 0.242 e. The molecule has 0 spiro atoms. The van der Waals surface area contributed by atoms with E-state index >= 15 is 0 Å². The largest absolute Gasteiger partial charge is 0.354 e. The van der Waals surface area contributed by atoms with Gasteiger partial charge in [0.05, 0.1) is 11.9 Å². The van der Waals surface area contributed by atoms with Crippen molar-refractivity contribution in [1.82, 2.24) is 10.2 Å². The highest BCUT2D eigenvalue weighted by molar-refractivity contribution is 7.92. The molecule has 0 bridgehead atoms. The van der Waals surface area contributed by atoms with Crippen molar-refractivity contribution in [2.24, 2.45) is 0 Å². The van der Waals surface area contributed by atoms with Crippen LogP contribution < -0.4 is 9.62 Å². The monoisotopic (exact) mass is 515 g/mol. The summed E-state index contributed by atoms with van der Waals surface area (Å²) in [5.41, 5.74) is 2.66. The Morgan fingerprint density at radius 2 is 1.58 bits per heavy atom. The molecular formula is C28H41N3O4S. The number of benzene rings is 2. The molecule has 0 saturated carbocycles. The smallest absolute Gasteiger partial charge is 0.242 e. The summed E-state index contributed by atoms with van der Waals surface area (Å²) < 4.78 is 26.3. The highest BCUT2D eigenvalue weighted by Gasteiger charge is 2.28. The number of aryl methyl sites for hydroxylation is 1. The molecule has 0 heterocycles. The number of nitrogens with one attached hydrogen (secondary N) is 1. The lowest BCUT2D eigenvalue weighted by Gasteiger charge is -2.31. The Hall–Kier alpha value is -2.87. The topological polar surface area (TPSA) is 86.8 Å². The molecule has 0 radical (unpaired) electrons. The van der Waals surface area contributed by atoms with Crippen molar-refractivity contribution >= 4 is 27.5 Å². The Morgan fingerprint density at radius 3 is 2.14 bits per heavy atom. The summed E-state index contributed by atoms with van der Waals surface area (Å²) in [6, 6.07) is 16.5. The lowest BCUT2D eigenvalue weighted by atomic mass is 10.1. The van der Waals surface area contributed by atoms with Gasteiger partial charge in [0.15, 0.2) is 0 Å². The van der Waals surface area contributed by atoms with Gasteiger partial charge >= 0.3 is 0 Å². The number of anilines is 1. The molecule has 2 rings (SSSR count). The highest BCUT2D eigenvalue weighted by Crippen LogP contribution is 2.20. The second kappa shape index (κ2) is 14.6. The molecule has 2 aromatic carbocycles. The first-order valence-electron chi connectivity index (χ1n) is 12.9. The van der Waals surface area contributed by atoms with Crippen LogP contribution in [0.25, 0.3) is 0 Å². The zero-order valence-corrected chi connectivity index (χ0v) is 22.9. The Bertz CT molecular complexity index is 1060. The minimum Gasteiger partial charge on any atom is -0.354 e. The van der Waals surface area contributed by atoms with Gasteiger partial charge in [0.25, 0.3) is 0 Å². The number of sulfonamides is 1. The summed E-state index contributed by atoms with van der Waals surface area (Å²) in [5.74, 6) is -0.310. The van der Waals surface area contributed by atoms with Gasteiger partial charge in [-0.2, -0.15) is 0 Å². The van der Waals surface area contributed by atoms with Gasteiger partial charge in [-0.25, -0.2) is 8.42 Å². The first-order chi connectivity index (χ1) is 17.2. The molecule has 1 N–H and O–H groups in total. The first-order valence-corrected chi connectivity index (χ1v) is 14.7. The summed E-state index contributed by atoms with van der Waals surface area (Å²) in [5, 5.41) is 2.96. The van der Waals surface area contributed by atoms with Crippen molar-refractivity contribution in [2.75, 3.05) is 23.7 Å². The minimum atomic E-state index is -3.51. The van der Waals surface area contributed by atoms with Gasteiger partial charge in [-0.15, -0.1) is 0 Å². The maximum absolute atomic E-state index is 13.4. The van der Waals surface area contributed by atoms with Gasteiger partial charge in [-0.05, 0) is 48.9 Å². The van der Waals surface area contributed by atoms with E-state index in [1.807, 2.05) is 56.3 Å². The van der Waals surface area contributed by atoms with E-state index in [0.717, 1.165) is 30.4 Å². The Morgan fingerprint density at radius 1 is 0.917 bits per heavy atom. The summed E-state index contributed by atoms with van der Waals surface area (Å²) >= 11 is 0. The summed E-state index contributed by atoms with van der Waals surface area (Å²) in [7, 11) is -3.51. The lowest BCUT2D eigenvalue weighted by Crippen LogP contribution is -2.49. The predicted octanol–water partition coefficient (Wildman–Crippen LogP) is 4.52. The van der Waals surface area contributed by atoms with Crippen LogP contribution in [0.3, 0.4) is 0 Å². The molecule has 36 heavy (non-hydrogen) atoms. The van der Waals surface area contributed by atoms with Crippen LogP contribution in [0.15, 0.2) is 54.6 Å². The molecule has 0 fully saturated rings. The van der Waals surface area contributed by atoms with Crippen LogP contribution in [-0.4, -0.2) is 50.5 Å². The molecule has 2 amide bonds. The molecule has 8 heteroatoms. The number of amides is 2. The number of rotatable bonds is 15. The van der Waals surface area contributed by atoms with E-state index in [1.54, 1.807) is 17.0 Å². The second-order valence-corrected chi connectivity index (χ2v) is 10.9. The maximum atomic E-state index is 13.4. The number of carbonyl (C=O) groups excluding carboxylic acids is 2. The Labute approximate surface area is 216 Å². The van der Waals surface area contributed by atoms with Crippen molar-refractivity contribution in [2.45, 2.75) is 71.9 Å². The number of carbonyl (C=O) groups is 2. The number of hydrogen-bond acceptors (Lipinski definition) is 4. The Kier molecular flexibility index (Phi) is 11.9. The Balaban J connectivity index is 2.15. The van der Waals surface area contributed by atoms with E-state index in [-0.39, 0.29) is 24.8 Å². The van der Waals surface area contributed by atoms with Gasteiger partial charge in [0.2, 0.25) is 21.8 Å². The molecule has 198 valence electrons. The zero-order chi connectivity index (χ0) is 26.6. The molecular weight excluding hydrogens is 474 g/mol. The molecule has 0 aliphatic rings. The third-order valence-electron chi connectivity index (χ3n) is 6.20. The van der Waals surface area contributed by atoms with Gasteiger partial charge in [-0.3, -0.25) is 13.9 Å². The molecule has 2 aromatic rings. The fraction of sp³-hybridized carbons (Fsp3) is 0.500. The SMILES string of the molecule is CCCCNC(=O)C(CC)N(Cc1ccccc1)C(=O)CCCN(c1ccc(CC)cc1)S(C)(=O)=O. The van der Waals surface area contributed by atoms with Crippen LogP contribution in [0.2, 0.25) is 0 Å². The molecule has 0 aromatic heterocycles. The predicted molar refractivity (Wildman–Crippen MR) is 146 cm³/mol. The third kappa shape index (κ3) is 8.97. The summed E-state index contributed by atoms with van der Waals surface area (Å²) in [6.45, 7) is 7.11. The standard InChI is InChI=1S/C28H41N3O4S/c1-5-8-20-29-28(33)26(7-3)30(22-24-13-10-9-11-14-24)27(32)15-12-21-31(36(4,34)35)25-18-16-23(6-2)17-19-25/h9-11,13-14,16-19,26H,5-8,12,15,20-22H2,1-4H3,(H,29,33). The number of unbranched alkanes of at least 4 members (excludes halogenated alkanes) is 1. The fourth-order valence-electron chi connectivity index (χ4n) is 4.11. The zero-order valence-electron chi connectivity index (χ0n) is 22.1. The van der Waals surface area contributed by atoms with Gasteiger partial charge in [0.1, 0.15) is 6.04 Å². The van der Waals surface area contributed by atoms with Crippen LogP contribution in [0.5, 0.6) is 0 Å². The van der Waals surface area contributed by atoms with Gasteiger partial charge in [-0.1, -0.05) is 69.7 Å². The van der Waals surface area contributed by atoms with Crippen LogP contribution in [0.4, 0.5) is 5.69 Å². The number of hydrogen-bond donors (Lipinski definition) is 1. The molecule has 0 saturated heterocycles. The van der Waals surface area contributed by atoms with E-state index in [2.05, 4.69) is 12.2 Å². The van der Waals surface area contributed by atoms with Crippen LogP contribution >= 0.6 is 0 Å². The molecule has 1 unspecified atom stereocenters. The quantitative estimate of drug-likeness (QED) is 0.353. The second-order valence-electron chi connectivity index (χ2n) is 9.03. The molecule has 0 aliphatic carbocycles. The average Bonchev–Trinajstić information content (AvgIpc) is 2.86. The lowest BCUT2D eigenvalue weighted by molar-refractivity contribution is -0.141. The minimum absolute atomic E-state index is 0.143. The van der Waals surface area contributed by atoms with E-state index in [9.17, 15) is 18.0 Å². The molecule has 7 nitrogen and oxygen atoms in total. The fourth-order valence-corrected chi connectivity index (χ4v) is 5.07. The van der Waals surface area contributed by atoms with E-state index in [0.29, 0.717) is 31.6 Å². The van der Waals surface area contributed by atoms with Crippen molar-refractivity contribution in [3.63, 3.8) is 0 Å². The van der Waals surface area contributed by atoms with E-state index in [1.165, 1.54) is 10.6 Å². The summed E-state index contributed by atoms with van der Waals surface area (Å²) in [6.07, 6.45) is 4.89. The van der Waals surface area contributed by atoms with Crippen LogP contribution in [0.1, 0.15) is 64.0 Å². The molecule has 1 atom stereocenters. The van der Waals surface area contributed by atoms with E-state index < -0.39 is 16.1 Å². The van der Waals surface area contributed by atoms with E-state index in [4.69, 9.17) is 0 Å². The normalized spacial score (nSPS) is 12.1. The van der Waals surface area contributed by atoms with Crippen molar-refractivity contribution < 1.29 is 18.0 Å². The van der Waals surface area contributed by atoms with Gasteiger partial charge in [0, 0.05) is 26.1 Å². The van der Waals surface area contributed by atoms with Crippen LogP contribution in [-0.2, 0) is 32.6 Å². The first kappa shape index (κ1) is 29.4.